The largest absolute Gasteiger partial charge is 0.415 e. The van der Waals surface area contributed by atoms with Gasteiger partial charge < -0.3 is 10.0 Å². The normalized spacial score (nSPS) is 14.1. The molecule has 0 saturated carbocycles. The van der Waals surface area contributed by atoms with Gasteiger partial charge in [-0.2, -0.15) is 18.4 Å². The third-order valence-electron chi connectivity index (χ3n) is 1.69. The number of hydrogen-bond acceptors (Lipinski definition) is 3. The van der Waals surface area contributed by atoms with Gasteiger partial charge in [0.2, 0.25) is 0 Å². The summed E-state index contributed by atoms with van der Waals surface area (Å²) in [6, 6.07) is 1.90. The molecule has 0 aromatic carbocycles. The maximum atomic E-state index is 11.9. The maximum absolute atomic E-state index is 11.9. The Hall–Kier alpha value is -0.800. The number of aliphatic hydroxyl groups is 1. The predicted octanol–water partition coefficient (Wildman–Crippen LogP) is 1.15. The topological polar surface area (TPSA) is 47.3 Å². The van der Waals surface area contributed by atoms with E-state index in [2.05, 4.69) is 0 Å². The van der Waals surface area contributed by atoms with E-state index in [0.29, 0.717) is 19.4 Å². The molecule has 0 aliphatic rings. The van der Waals surface area contributed by atoms with Gasteiger partial charge in [-0.05, 0) is 20.0 Å². The molecular formula is C8H13F3N2O. The molecule has 0 aromatic heterocycles. The molecule has 0 rings (SSSR count). The lowest BCUT2D eigenvalue weighted by Crippen LogP contribution is -2.39. The number of halogens is 3. The van der Waals surface area contributed by atoms with E-state index in [4.69, 9.17) is 10.4 Å². The van der Waals surface area contributed by atoms with E-state index in [-0.39, 0.29) is 0 Å². The van der Waals surface area contributed by atoms with E-state index >= 15 is 0 Å². The summed E-state index contributed by atoms with van der Waals surface area (Å²) in [5.41, 5.74) is 0. The number of nitriles is 1. The number of rotatable bonds is 5. The molecule has 0 aliphatic heterocycles. The van der Waals surface area contributed by atoms with Crippen molar-refractivity contribution in [3.8, 4) is 6.07 Å². The fourth-order valence-electron chi connectivity index (χ4n) is 0.918. The quantitative estimate of drug-likeness (QED) is 0.692. The summed E-state index contributed by atoms with van der Waals surface area (Å²) in [5.74, 6) is 0. The fraction of sp³-hybridized carbons (Fsp3) is 0.875. The van der Waals surface area contributed by atoms with Crippen LogP contribution in [0.4, 0.5) is 13.2 Å². The second kappa shape index (κ2) is 5.83. The lowest BCUT2D eigenvalue weighted by atomic mass is 10.3. The first-order chi connectivity index (χ1) is 6.38. The SMILES string of the molecule is CN(CCCC#N)CC(O)C(F)(F)F. The molecule has 1 atom stereocenters. The maximum Gasteiger partial charge on any atom is 0.415 e. The average molecular weight is 210 g/mol. The first-order valence-electron chi connectivity index (χ1n) is 4.18. The zero-order chi connectivity index (χ0) is 11.2. The summed E-state index contributed by atoms with van der Waals surface area (Å²) < 4.78 is 35.6. The van der Waals surface area contributed by atoms with Crippen LogP contribution in [0.3, 0.4) is 0 Å². The number of aliphatic hydroxyl groups excluding tert-OH is 1. The van der Waals surface area contributed by atoms with Gasteiger partial charge in [-0.1, -0.05) is 0 Å². The molecule has 0 aliphatic carbocycles. The van der Waals surface area contributed by atoms with E-state index in [9.17, 15) is 13.2 Å². The number of likely N-dealkylation sites (N-methyl/N-ethyl adjacent to an activating group) is 1. The van der Waals surface area contributed by atoms with Crippen molar-refractivity contribution in [2.45, 2.75) is 25.1 Å². The van der Waals surface area contributed by atoms with Gasteiger partial charge >= 0.3 is 6.18 Å². The van der Waals surface area contributed by atoms with Crippen molar-refractivity contribution >= 4 is 0 Å². The van der Waals surface area contributed by atoms with Crippen molar-refractivity contribution in [2.24, 2.45) is 0 Å². The van der Waals surface area contributed by atoms with E-state index in [1.807, 2.05) is 6.07 Å². The second-order valence-corrected chi connectivity index (χ2v) is 3.08. The third-order valence-corrected chi connectivity index (χ3v) is 1.69. The van der Waals surface area contributed by atoms with Crippen LogP contribution in [0.25, 0.3) is 0 Å². The molecule has 0 amide bonds. The fourth-order valence-corrected chi connectivity index (χ4v) is 0.918. The highest BCUT2D eigenvalue weighted by Crippen LogP contribution is 2.20. The summed E-state index contributed by atoms with van der Waals surface area (Å²) in [6.45, 7) is -0.0738. The monoisotopic (exact) mass is 210 g/mol. The smallest absolute Gasteiger partial charge is 0.382 e. The Bertz CT molecular complexity index is 200. The van der Waals surface area contributed by atoms with E-state index in [1.54, 1.807) is 0 Å². The first kappa shape index (κ1) is 13.2. The highest BCUT2D eigenvalue weighted by molar-refractivity contribution is 4.72. The Labute approximate surface area is 80.7 Å². The van der Waals surface area contributed by atoms with Crippen LogP contribution in [-0.4, -0.2) is 42.4 Å². The molecule has 0 saturated heterocycles. The summed E-state index contributed by atoms with van der Waals surface area (Å²) in [6.07, 6.45) is -6.05. The van der Waals surface area contributed by atoms with Gasteiger partial charge in [0.25, 0.3) is 0 Å². The van der Waals surface area contributed by atoms with Crippen LogP contribution in [0.1, 0.15) is 12.8 Å². The summed E-state index contributed by atoms with van der Waals surface area (Å²) in [5, 5.41) is 16.9. The molecule has 82 valence electrons. The van der Waals surface area contributed by atoms with Crippen LogP contribution in [0, 0.1) is 11.3 Å². The van der Waals surface area contributed by atoms with Gasteiger partial charge in [-0.15, -0.1) is 0 Å². The molecule has 0 spiro atoms. The molecule has 0 heterocycles. The van der Waals surface area contributed by atoms with Crippen LogP contribution < -0.4 is 0 Å². The van der Waals surface area contributed by atoms with Crippen molar-refractivity contribution in [3.63, 3.8) is 0 Å². The number of unbranched alkanes of at least 4 members (excludes halogenated alkanes) is 1. The summed E-state index contributed by atoms with van der Waals surface area (Å²) in [4.78, 5) is 1.36. The minimum atomic E-state index is -4.57. The van der Waals surface area contributed by atoms with Gasteiger partial charge in [0.05, 0.1) is 6.07 Å². The Morgan fingerprint density at radius 1 is 1.50 bits per heavy atom. The zero-order valence-electron chi connectivity index (χ0n) is 7.88. The molecule has 0 fully saturated rings. The number of hydrogen-bond donors (Lipinski definition) is 1. The van der Waals surface area contributed by atoms with Crippen LogP contribution in [0.2, 0.25) is 0 Å². The average Bonchev–Trinajstić information content (AvgIpc) is 2.03. The molecule has 0 aromatic rings. The molecule has 1 N–H and O–H groups in total. The van der Waals surface area contributed by atoms with Crippen LogP contribution in [0.15, 0.2) is 0 Å². The van der Waals surface area contributed by atoms with Crippen molar-refractivity contribution in [3.05, 3.63) is 0 Å². The van der Waals surface area contributed by atoms with Gasteiger partial charge in [0.15, 0.2) is 6.10 Å². The first-order valence-corrected chi connectivity index (χ1v) is 4.18. The molecular weight excluding hydrogens is 197 g/mol. The lowest BCUT2D eigenvalue weighted by Gasteiger charge is -2.21. The van der Waals surface area contributed by atoms with Crippen molar-refractivity contribution < 1.29 is 18.3 Å². The predicted molar refractivity (Wildman–Crippen MR) is 44.4 cm³/mol. The van der Waals surface area contributed by atoms with Crippen molar-refractivity contribution in [1.29, 1.82) is 5.26 Å². The highest BCUT2D eigenvalue weighted by atomic mass is 19.4. The van der Waals surface area contributed by atoms with Crippen LogP contribution >= 0.6 is 0 Å². The van der Waals surface area contributed by atoms with Gasteiger partial charge in [0, 0.05) is 13.0 Å². The minimum absolute atomic E-state index is 0.312. The van der Waals surface area contributed by atoms with Crippen molar-refractivity contribution in [1.82, 2.24) is 4.90 Å². The van der Waals surface area contributed by atoms with Gasteiger partial charge in [-0.3, -0.25) is 0 Å². The summed E-state index contributed by atoms with van der Waals surface area (Å²) >= 11 is 0. The highest BCUT2D eigenvalue weighted by Gasteiger charge is 2.38. The lowest BCUT2D eigenvalue weighted by molar-refractivity contribution is -0.207. The number of nitrogens with zero attached hydrogens (tertiary/aromatic N) is 2. The van der Waals surface area contributed by atoms with Crippen LogP contribution in [-0.2, 0) is 0 Å². The zero-order valence-corrected chi connectivity index (χ0v) is 7.88. The molecule has 0 radical (unpaired) electrons. The van der Waals surface area contributed by atoms with Crippen molar-refractivity contribution in [2.75, 3.05) is 20.1 Å². The Balaban J connectivity index is 3.72. The Kier molecular flexibility index (Phi) is 5.50. The Morgan fingerprint density at radius 2 is 2.07 bits per heavy atom. The van der Waals surface area contributed by atoms with Crippen LogP contribution in [0.5, 0.6) is 0 Å². The van der Waals surface area contributed by atoms with E-state index in [1.165, 1.54) is 11.9 Å². The van der Waals surface area contributed by atoms with Gasteiger partial charge in [0.1, 0.15) is 0 Å². The molecule has 0 bridgehead atoms. The summed E-state index contributed by atoms with van der Waals surface area (Å²) in [7, 11) is 1.48. The second-order valence-electron chi connectivity index (χ2n) is 3.08. The standard InChI is InChI=1S/C8H13F3N2O/c1-13(5-3-2-4-12)6-7(14)8(9,10)11/h7,14H,2-3,5-6H2,1H3. The molecule has 6 heteroatoms. The van der Waals surface area contributed by atoms with E-state index in [0.717, 1.165) is 0 Å². The Morgan fingerprint density at radius 3 is 2.50 bits per heavy atom. The minimum Gasteiger partial charge on any atom is -0.382 e. The third kappa shape index (κ3) is 5.78. The number of alkyl halides is 3. The molecule has 14 heavy (non-hydrogen) atoms. The van der Waals surface area contributed by atoms with E-state index < -0.39 is 18.8 Å². The van der Waals surface area contributed by atoms with Gasteiger partial charge in [-0.25, -0.2) is 0 Å². The molecule has 3 nitrogen and oxygen atoms in total. The molecule has 1 unspecified atom stereocenters.